The molecule has 0 atom stereocenters. The van der Waals surface area contributed by atoms with Crippen LogP contribution in [0.15, 0.2) is 53.5 Å². The van der Waals surface area contributed by atoms with E-state index in [2.05, 4.69) is 66.6 Å². The van der Waals surface area contributed by atoms with E-state index in [1.54, 1.807) is 0 Å². The van der Waals surface area contributed by atoms with Gasteiger partial charge in [0, 0.05) is 11.1 Å². The third kappa shape index (κ3) is 4.25. The Labute approximate surface area is 155 Å². The Morgan fingerprint density at radius 1 is 1.09 bits per heavy atom. The Morgan fingerprint density at radius 2 is 1.78 bits per heavy atom. The molecule has 3 rings (SSSR count). The predicted octanol–water partition coefficient (Wildman–Crippen LogP) is 4.38. The molecular weight excluding hydrogens is 397 g/mol. The van der Waals surface area contributed by atoms with Gasteiger partial charge in [-0.15, -0.1) is 24.0 Å². The molecule has 3 nitrogen and oxygen atoms in total. The van der Waals surface area contributed by atoms with Crippen molar-refractivity contribution >= 4 is 35.6 Å². The van der Waals surface area contributed by atoms with E-state index in [1.807, 2.05) is 6.07 Å². The molecule has 1 saturated carbocycles. The highest BCUT2D eigenvalue weighted by atomic mass is 127. The lowest BCUT2D eigenvalue weighted by Crippen LogP contribution is -2.25. The molecule has 0 spiro atoms. The van der Waals surface area contributed by atoms with Gasteiger partial charge >= 0.3 is 0 Å². The molecule has 0 heterocycles. The van der Waals surface area contributed by atoms with Crippen molar-refractivity contribution in [3.63, 3.8) is 0 Å². The average Bonchev–Trinajstić information content (AvgIpc) is 3.31. The summed E-state index contributed by atoms with van der Waals surface area (Å²) in [7, 11) is 0. The van der Waals surface area contributed by atoms with E-state index in [9.17, 15) is 0 Å². The third-order valence-corrected chi connectivity index (χ3v) is 4.57. The number of nitrogens with zero attached hydrogens (tertiary/aromatic N) is 1. The van der Waals surface area contributed by atoms with Crippen LogP contribution in [0.5, 0.6) is 0 Å². The Bertz CT molecular complexity index is 691. The Kier molecular flexibility index (Phi) is 5.68. The number of halogens is 1. The second-order valence-corrected chi connectivity index (χ2v) is 6.27. The summed E-state index contributed by atoms with van der Waals surface area (Å²) in [5, 5.41) is 3.19. The van der Waals surface area contributed by atoms with Gasteiger partial charge in [-0.25, -0.2) is 0 Å². The van der Waals surface area contributed by atoms with Crippen LogP contribution < -0.4 is 11.1 Å². The van der Waals surface area contributed by atoms with Crippen LogP contribution in [0.1, 0.15) is 29.5 Å². The molecule has 23 heavy (non-hydrogen) atoms. The number of hydrogen-bond donors (Lipinski definition) is 2. The minimum atomic E-state index is 0. The van der Waals surface area contributed by atoms with Gasteiger partial charge in [0.15, 0.2) is 5.96 Å². The zero-order valence-corrected chi connectivity index (χ0v) is 16.0. The van der Waals surface area contributed by atoms with Crippen molar-refractivity contribution in [1.82, 2.24) is 0 Å². The molecule has 2 aromatic rings. The highest BCUT2D eigenvalue weighted by Crippen LogP contribution is 2.48. The van der Waals surface area contributed by atoms with Gasteiger partial charge in [-0.05, 0) is 55.5 Å². The van der Waals surface area contributed by atoms with Crippen molar-refractivity contribution in [2.45, 2.75) is 32.1 Å². The SMILES string of the molecule is Cc1ccc(NC(N)=NCC2(c3ccccc3)CC2)cc1C.I. The van der Waals surface area contributed by atoms with Crippen molar-refractivity contribution in [3.05, 3.63) is 65.2 Å². The second-order valence-electron chi connectivity index (χ2n) is 6.27. The maximum Gasteiger partial charge on any atom is 0.193 e. The lowest BCUT2D eigenvalue weighted by Gasteiger charge is -2.14. The van der Waals surface area contributed by atoms with E-state index in [4.69, 9.17) is 5.73 Å². The van der Waals surface area contributed by atoms with Gasteiger partial charge in [0.2, 0.25) is 0 Å². The third-order valence-electron chi connectivity index (χ3n) is 4.57. The van der Waals surface area contributed by atoms with Crippen LogP contribution in [0, 0.1) is 13.8 Å². The molecule has 1 fully saturated rings. The van der Waals surface area contributed by atoms with Crippen LogP contribution in [-0.4, -0.2) is 12.5 Å². The van der Waals surface area contributed by atoms with Crippen LogP contribution in [0.4, 0.5) is 5.69 Å². The molecule has 0 radical (unpaired) electrons. The summed E-state index contributed by atoms with van der Waals surface area (Å²) in [6.07, 6.45) is 2.38. The zero-order valence-electron chi connectivity index (χ0n) is 13.7. The topological polar surface area (TPSA) is 50.4 Å². The predicted molar refractivity (Wildman–Crippen MR) is 109 cm³/mol. The average molecular weight is 421 g/mol. The second kappa shape index (κ2) is 7.34. The molecule has 0 bridgehead atoms. The monoisotopic (exact) mass is 421 g/mol. The normalized spacial score (nSPS) is 15.7. The molecule has 2 aromatic carbocycles. The van der Waals surface area contributed by atoms with E-state index < -0.39 is 0 Å². The summed E-state index contributed by atoms with van der Waals surface area (Å²) in [5.74, 6) is 0.491. The fourth-order valence-corrected chi connectivity index (χ4v) is 2.72. The van der Waals surface area contributed by atoms with Gasteiger partial charge in [-0.2, -0.15) is 0 Å². The van der Waals surface area contributed by atoms with E-state index in [-0.39, 0.29) is 29.4 Å². The minimum absolute atomic E-state index is 0. The quantitative estimate of drug-likeness (QED) is 0.438. The van der Waals surface area contributed by atoms with E-state index >= 15 is 0 Å². The number of benzene rings is 2. The molecule has 0 aromatic heterocycles. The van der Waals surface area contributed by atoms with Crippen molar-refractivity contribution in [2.75, 3.05) is 11.9 Å². The first-order valence-corrected chi connectivity index (χ1v) is 7.79. The Morgan fingerprint density at radius 3 is 2.39 bits per heavy atom. The molecule has 122 valence electrons. The molecule has 1 aliphatic rings. The van der Waals surface area contributed by atoms with E-state index in [0.717, 1.165) is 12.2 Å². The minimum Gasteiger partial charge on any atom is -0.370 e. The van der Waals surface area contributed by atoms with E-state index in [1.165, 1.54) is 29.5 Å². The van der Waals surface area contributed by atoms with Crippen molar-refractivity contribution in [2.24, 2.45) is 10.7 Å². The van der Waals surface area contributed by atoms with Crippen LogP contribution in [0.25, 0.3) is 0 Å². The fraction of sp³-hybridized carbons (Fsp3) is 0.316. The largest absolute Gasteiger partial charge is 0.370 e. The maximum absolute atomic E-state index is 6.05. The summed E-state index contributed by atoms with van der Waals surface area (Å²) in [6, 6.07) is 16.9. The van der Waals surface area contributed by atoms with Gasteiger partial charge in [-0.1, -0.05) is 36.4 Å². The lowest BCUT2D eigenvalue weighted by molar-refractivity contribution is 0.705. The summed E-state index contributed by atoms with van der Waals surface area (Å²) in [5.41, 5.74) is 11.1. The Balaban J connectivity index is 0.00000192. The molecule has 4 heteroatoms. The number of aliphatic imine (C=N–C) groups is 1. The number of hydrogen-bond acceptors (Lipinski definition) is 1. The van der Waals surface area contributed by atoms with Gasteiger partial charge in [0.25, 0.3) is 0 Å². The molecule has 0 aliphatic heterocycles. The first-order chi connectivity index (χ1) is 10.6. The number of guanidine groups is 1. The van der Waals surface area contributed by atoms with E-state index in [0.29, 0.717) is 5.96 Å². The van der Waals surface area contributed by atoms with Crippen LogP contribution in [0.2, 0.25) is 0 Å². The molecule has 0 unspecified atom stereocenters. The Hall–Kier alpha value is -1.56. The van der Waals surface area contributed by atoms with Gasteiger partial charge in [0.1, 0.15) is 0 Å². The smallest absolute Gasteiger partial charge is 0.193 e. The van der Waals surface area contributed by atoms with Crippen molar-refractivity contribution in [3.8, 4) is 0 Å². The number of aryl methyl sites for hydroxylation is 2. The molecule has 0 saturated heterocycles. The molecular formula is C19H24IN3. The number of anilines is 1. The van der Waals surface area contributed by atoms with Crippen LogP contribution in [0.3, 0.4) is 0 Å². The van der Waals surface area contributed by atoms with Crippen LogP contribution >= 0.6 is 24.0 Å². The maximum atomic E-state index is 6.05. The van der Waals surface area contributed by atoms with Gasteiger partial charge < -0.3 is 11.1 Å². The standard InChI is InChI=1S/C19H23N3.HI/c1-14-8-9-17(12-15(14)2)22-18(20)21-13-19(10-11-19)16-6-4-3-5-7-16;/h3-9,12H,10-11,13H2,1-2H3,(H3,20,21,22);1H. The zero-order chi connectivity index (χ0) is 15.6. The first-order valence-electron chi connectivity index (χ1n) is 7.79. The summed E-state index contributed by atoms with van der Waals surface area (Å²) in [6.45, 7) is 4.95. The van der Waals surface area contributed by atoms with Crippen molar-refractivity contribution in [1.29, 1.82) is 0 Å². The highest BCUT2D eigenvalue weighted by Gasteiger charge is 2.43. The first kappa shape index (κ1) is 17.8. The molecule has 0 amide bonds. The number of nitrogens with two attached hydrogens (primary N) is 1. The van der Waals surface area contributed by atoms with Gasteiger partial charge in [0.05, 0.1) is 6.54 Å². The van der Waals surface area contributed by atoms with Crippen LogP contribution in [-0.2, 0) is 5.41 Å². The fourth-order valence-electron chi connectivity index (χ4n) is 2.72. The summed E-state index contributed by atoms with van der Waals surface area (Å²) < 4.78 is 0. The molecule has 3 N–H and O–H groups in total. The number of rotatable bonds is 4. The number of nitrogens with one attached hydrogen (secondary N) is 1. The summed E-state index contributed by atoms with van der Waals surface area (Å²) >= 11 is 0. The van der Waals surface area contributed by atoms with Crippen molar-refractivity contribution < 1.29 is 0 Å². The highest BCUT2D eigenvalue weighted by molar-refractivity contribution is 14.0. The summed E-state index contributed by atoms with van der Waals surface area (Å²) in [4.78, 5) is 4.57. The van der Waals surface area contributed by atoms with Gasteiger partial charge in [-0.3, -0.25) is 4.99 Å². The molecule has 1 aliphatic carbocycles. The lowest BCUT2D eigenvalue weighted by atomic mass is 9.96.